The number of carbonyl (C=O) groups excluding carboxylic acids is 1. The molecule has 1 atom stereocenters. The lowest BCUT2D eigenvalue weighted by Crippen LogP contribution is -2.41. The van der Waals surface area contributed by atoms with Gasteiger partial charge in [-0.05, 0) is 62.7 Å². The highest BCUT2D eigenvalue weighted by Crippen LogP contribution is 2.21. The zero-order valence-corrected chi connectivity index (χ0v) is 16.3. The molecule has 0 unspecified atom stereocenters. The molecule has 0 spiro atoms. The molecule has 0 aliphatic carbocycles. The van der Waals surface area contributed by atoms with E-state index in [4.69, 9.17) is 16.3 Å². The van der Waals surface area contributed by atoms with Crippen LogP contribution >= 0.6 is 11.6 Å². The van der Waals surface area contributed by atoms with Gasteiger partial charge in [0.2, 0.25) is 15.9 Å². The van der Waals surface area contributed by atoms with Crippen LogP contribution in [0.15, 0.2) is 47.4 Å². The van der Waals surface area contributed by atoms with Crippen LogP contribution in [0.25, 0.3) is 0 Å². The first-order chi connectivity index (χ1) is 12.2. The number of anilines is 1. The van der Waals surface area contributed by atoms with Gasteiger partial charge in [0.15, 0.2) is 0 Å². The minimum Gasteiger partial charge on any atom is -0.494 e. The number of ether oxygens (including phenoxy) is 1. The molecule has 0 bridgehead atoms. The summed E-state index contributed by atoms with van der Waals surface area (Å²) in [7, 11) is -3.84. The van der Waals surface area contributed by atoms with Gasteiger partial charge in [-0.25, -0.2) is 8.42 Å². The Balaban J connectivity index is 2.08. The van der Waals surface area contributed by atoms with Crippen molar-refractivity contribution in [3.63, 3.8) is 0 Å². The summed E-state index contributed by atoms with van der Waals surface area (Å²) in [6, 6.07) is 10.1. The minimum absolute atomic E-state index is 0.0551. The molecule has 2 aromatic rings. The number of sulfonamides is 1. The standard InChI is InChI=1S/C18H21ClN2O4S/c1-4-25-15-7-9-16(10-8-15)26(23,24)21-13(3)18(22)20-17-11-14(19)6-5-12(17)2/h5-11,13,21H,4H2,1-3H3,(H,20,22)/t13-/m0/s1. The van der Waals surface area contributed by atoms with E-state index in [2.05, 4.69) is 10.0 Å². The number of rotatable bonds is 7. The van der Waals surface area contributed by atoms with Gasteiger partial charge in [-0.1, -0.05) is 17.7 Å². The molecule has 2 rings (SSSR count). The molecule has 0 heterocycles. The Morgan fingerprint density at radius 1 is 1.19 bits per heavy atom. The zero-order chi connectivity index (χ0) is 19.3. The number of hydrogen-bond donors (Lipinski definition) is 2. The van der Waals surface area contributed by atoms with Crippen molar-refractivity contribution < 1.29 is 17.9 Å². The molecule has 0 saturated heterocycles. The molecular formula is C18H21ClN2O4S. The first kappa shape index (κ1) is 20.2. The van der Waals surface area contributed by atoms with Crippen molar-refractivity contribution in [2.45, 2.75) is 31.7 Å². The second kappa shape index (κ2) is 8.53. The third kappa shape index (κ3) is 5.20. The summed E-state index contributed by atoms with van der Waals surface area (Å²) < 4.78 is 32.5. The molecule has 0 aromatic heterocycles. The van der Waals surface area contributed by atoms with Gasteiger partial charge in [-0.3, -0.25) is 4.79 Å². The van der Waals surface area contributed by atoms with E-state index in [9.17, 15) is 13.2 Å². The van der Waals surface area contributed by atoms with Gasteiger partial charge in [0.05, 0.1) is 17.5 Å². The number of carbonyl (C=O) groups is 1. The van der Waals surface area contributed by atoms with Crippen LogP contribution in [0, 0.1) is 6.92 Å². The number of benzene rings is 2. The molecule has 140 valence electrons. The fourth-order valence-corrected chi connectivity index (χ4v) is 3.58. The van der Waals surface area contributed by atoms with Crippen LogP contribution in [-0.2, 0) is 14.8 Å². The van der Waals surface area contributed by atoms with Crippen molar-refractivity contribution in [2.24, 2.45) is 0 Å². The van der Waals surface area contributed by atoms with Gasteiger partial charge < -0.3 is 10.1 Å². The van der Waals surface area contributed by atoms with E-state index in [0.29, 0.717) is 23.1 Å². The van der Waals surface area contributed by atoms with Crippen LogP contribution in [0.1, 0.15) is 19.4 Å². The highest BCUT2D eigenvalue weighted by molar-refractivity contribution is 7.89. The first-order valence-electron chi connectivity index (χ1n) is 8.05. The smallest absolute Gasteiger partial charge is 0.242 e. The molecule has 0 fully saturated rings. The number of aryl methyl sites for hydroxylation is 1. The lowest BCUT2D eigenvalue weighted by atomic mass is 10.2. The Morgan fingerprint density at radius 3 is 2.46 bits per heavy atom. The average molecular weight is 397 g/mol. The molecule has 0 saturated carbocycles. The van der Waals surface area contributed by atoms with Crippen molar-refractivity contribution in [1.29, 1.82) is 0 Å². The molecule has 2 N–H and O–H groups in total. The third-order valence-corrected chi connectivity index (χ3v) is 5.42. The van der Waals surface area contributed by atoms with E-state index in [0.717, 1.165) is 5.56 Å². The van der Waals surface area contributed by atoms with E-state index in [1.807, 2.05) is 13.8 Å². The Labute approximate surface area is 158 Å². The molecular weight excluding hydrogens is 376 g/mol. The van der Waals surface area contributed by atoms with E-state index < -0.39 is 22.0 Å². The molecule has 26 heavy (non-hydrogen) atoms. The van der Waals surface area contributed by atoms with Crippen LogP contribution in [0.2, 0.25) is 5.02 Å². The van der Waals surface area contributed by atoms with E-state index in [1.54, 1.807) is 30.3 Å². The second-order valence-electron chi connectivity index (χ2n) is 5.70. The highest BCUT2D eigenvalue weighted by atomic mass is 35.5. The van der Waals surface area contributed by atoms with Gasteiger partial charge >= 0.3 is 0 Å². The number of halogens is 1. The summed E-state index contributed by atoms with van der Waals surface area (Å²) in [6.07, 6.45) is 0. The molecule has 6 nitrogen and oxygen atoms in total. The van der Waals surface area contributed by atoms with Crippen LogP contribution in [0.4, 0.5) is 5.69 Å². The van der Waals surface area contributed by atoms with E-state index in [-0.39, 0.29) is 4.90 Å². The van der Waals surface area contributed by atoms with Crippen LogP contribution in [0.3, 0.4) is 0 Å². The van der Waals surface area contributed by atoms with Crippen molar-refractivity contribution in [1.82, 2.24) is 4.72 Å². The maximum absolute atomic E-state index is 12.4. The lowest BCUT2D eigenvalue weighted by Gasteiger charge is -2.16. The minimum atomic E-state index is -3.84. The highest BCUT2D eigenvalue weighted by Gasteiger charge is 2.22. The van der Waals surface area contributed by atoms with Crippen LogP contribution in [0.5, 0.6) is 5.75 Å². The molecule has 0 aliphatic heterocycles. The van der Waals surface area contributed by atoms with Crippen molar-refractivity contribution in [3.8, 4) is 5.75 Å². The maximum Gasteiger partial charge on any atom is 0.242 e. The molecule has 8 heteroatoms. The predicted octanol–water partition coefficient (Wildman–Crippen LogP) is 3.35. The molecule has 1 amide bonds. The zero-order valence-electron chi connectivity index (χ0n) is 14.7. The van der Waals surface area contributed by atoms with E-state index in [1.165, 1.54) is 19.1 Å². The summed E-state index contributed by atoms with van der Waals surface area (Å²) in [5.41, 5.74) is 1.36. The fourth-order valence-electron chi connectivity index (χ4n) is 2.21. The summed E-state index contributed by atoms with van der Waals surface area (Å²) in [5, 5.41) is 3.16. The summed E-state index contributed by atoms with van der Waals surface area (Å²) in [6.45, 7) is 5.63. The fraction of sp³-hybridized carbons (Fsp3) is 0.278. The number of amides is 1. The van der Waals surface area contributed by atoms with E-state index >= 15 is 0 Å². The van der Waals surface area contributed by atoms with Crippen molar-refractivity contribution in [2.75, 3.05) is 11.9 Å². The van der Waals surface area contributed by atoms with Gasteiger partial charge in [0.25, 0.3) is 0 Å². The summed E-state index contributed by atoms with van der Waals surface area (Å²) >= 11 is 5.93. The van der Waals surface area contributed by atoms with Gasteiger partial charge in [0, 0.05) is 10.7 Å². The first-order valence-corrected chi connectivity index (χ1v) is 9.91. The number of hydrogen-bond acceptors (Lipinski definition) is 4. The molecule has 0 aliphatic rings. The third-order valence-electron chi connectivity index (χ3n) is 3.63. The lowest BCUT2D eigenvalue weighted by molar-refractivity contribution is -0.117. The SMILES string of the molecule is CCOc1ccc(S(=O)(=O)N[C@@H](C)C(=O)Nc2cc(Cl)ccc2C)cc1. The van der Waals surface area contributed by atoms with Gasteiger partial charge in [0.1, 0.15) is 5.75 Å². The van der Waals surface area contributed by atoms with Crippen molar-refractivity contribution >= 4 is 33.2 Å². The van der Waals surface area contributed by atoms with Crippen LogP contribution in [-0.4, -0.2) is 27.0 Å². The van der Waals surface area contributed by atoms with Crippen LogP contribution < -0.4 is 14.8 Å². The Morgan fingerprint density at radius 2 is 1.85 bits per heavy atom. The summed E-state index contributed by atoms with van der Waals surface area (Å²) in [4.78, 5) is 12.4. The van der Waals surface area contributed by atoms with Gasteiger partial charge in [-0.15, -0.1) is 0 Å². The Kier molecular flexibility index (Phi) is 6.63. The molecule has 2 aromatic carbocycles. The monoisotopic (exact) mass is 396 g/mol. The average Bonchev–Trinajstić information content (AvgIpc) is 2.58. The Bertz CT molecular complexity index is 883. The van der Waals surface area contributed by atoms with Crippen molar-refractivity contribution in [3.05, 3.63) is 53.1 Å². The quantitative estimate of drug-likeness (QED) is 0.751. The number of nitrogens with one attached hydrogen (secondary N) is 2. The normalized spacial score (nSPS) is 12.5. The topological polar surface area (TPSA) is 84.5 Å². The Hall–Kier alpha value is -2.09. The maximum atomic E-state index is 12.4. The molecule has 0 radical (unpaired) electrons. The predicted molar refractivity (Wildman–Crippen MR) is 102 cm³/mol. The largest absolute Gasteiger partial charge is 0.494 e. The summed E-state index contributed by atoms with van der Waals surface area (Å²) in [5.74, 6) is 0.0959. The van der Waals surface area contributed by atoms with Gasteiger partial charge in [-0.2, -0.15) is 4.72 Å². The second-order valence-corrected chi connectivity index (χ2v) is 7.85.